The fourth-order valence-corrected chi connectivity index (χ4v) is 1.97. The molecule has 5 heteroatoms. The summed E-state index contributed by atoms with van der Waals surface area (Å²) in [6.07, 6.45) is 0.473. The summed E-state index contributed by atoms with van der Waals surface area (Å²) < 4.78 is 6.64. The summed E-state index contributed by atoms with van der Waals surface area (Å²) in [7, 11) is 3.89. The average molecular weight is 359 g/mol. The maximum absolute atomic E-state index is 11.9. The van der Waals surface area contributed by atoms with Gasteiger partial charge in [-0.3, -0.25) is 4.79 Å². The van der Waals surface area contributed by atoms with Crippen LogP contribution in [0.1, 0.15) is 17.0 Å². The number of hydrogen-bond acceptors (Lipinski definition) is 3. The van der Waals surface area contributed by atoms with E-state index in [2.05, 4.69) is 15.9 Å². The number of furan rings is 1. The van der Waals surface area contributed by atoms with E-state index in [0.29, 0.717) is 12.2 Å². The molecular weight excluding hydrogens is 342 g/mol. The Labute approximate surface area is 133 Å². The van der Waals surface area contributed by atoms with Gasteiger partial charge in [0.1, 0.15) is 5.76 Å². The first kappa shape index (κ1) is 17.0. The molecule has 0 saturated heterocycles. The Balaban J connectivity index is 0.00000200. The molecule has 0 N–H and O–H groups in total. The first-order valence-corrected chi connectivity index (χ1v) is 6.89. The summed E-state index contributed by atoms with van der Waals surface area (Å²) in [5.74, 6) is 1.19. The molecule has 1 aromatic carbocycles. The Morgan fingerprint density at radius 3 is 2.40 bits per heavy atom. The van der Waals surface area contributed by atoms with Gasteiger partial charge >= 0.3 is 0 Å². The number of halogens is 2. The van der Waals surface area contributed by atoms with Crippen LogP contribution in [-0.4, -0.2) is 31.3 Å². The number of benzene rings is 1. The maximum atomic E-state index is 11.9. The van der Waals surface area contributed by atoms with E-state index in [4.69, 9.17) is 4.42 Å². The van der Waals surface area contributed by atoms with Crippen LogP contribution in [0.15, 0.2) is 45.3 Å². The highest BCUT2D eigenvalue weighted by Crippen LogP contribution is 2.24. The Morgan fingerprint density at radius 2 is 1.80 bits per heavy atom. The molecule has 2 rings (SSSR count). The summed E-state index contributed by atoms with van der Waals surface area (Å²) in [5, 5.41) is 0. The van der Waals surface area contributed by atoms with Crippen LogP contribution >= 0.6 is 28.3 Å². The minimum absolute atomic E-state index is 0. The first-order valence-electron chi connectivity index (χ1n) is 6.10. The van der Waals surface area contributed by atoms with Crippen molar-refractivity contribution in [2.45, 2.75) is 6.42 Å². The van der Waals surface area contributed by atoms with Gasteiger partial charge in [-0.15, -0.1) is 12.4 Å². The van der Waals surface area contributed by atoms with Crippen LogP contribution < -0.4 is 0 Å². The summed E-state index contributed by atoms with van der Waals surface area (Å²) in [4.78, 5) is 13.9. The van der Waals surface area contributed by atoms with E-state index in [0.717, 1.165) is 22.3 Å². The lowest BCUT2D eigenvalue weighted by Crippen LogP contribution is -2.16. The largest absolute Gasteiger partial charge is 0.453 e. The number of carbonyl (C=O) groups excluding carboxylic acids is 1. The van der Waals surface area contributed by atoms with E-state index in [1.165, 1.54) is 0 Å². The minimum atomic E-state index is 0. The Morgan fingerprint density at radius 1 is 1.15 bits per heavy atom. The fraction of sp³-hybridized carbons (Fsp3) is 0.267. The van der Waals surface area contributed by atoms with Crippen molar-refractivity contribution in [3.05, 3.63) is 46.6 Å². The van der Waals surface area contributed by atoms with E-state index in [1.807, 2.05) is 49.3 Å². The van der Waals surface area contributed by atoms with Crippen LogP contribution in [0.5, 0.6) is 0 Å². The molecule has 0 aliphatic heterocycles. The lowest BCUT2D eigenvalue weighted by Gasteiger charge is -2.06. The van der Waals surface area contributed by atoms with Crippen molar-refractivity contribution in [1.82, 2.24) is 4.90 Å². The Hall–Kier alpha value is -1.10. The van der Waals surface area contributed by atoms with Gasteiger partial charge in [-0.1, -0.05) is 28.1 Å². The molecule has 3 nitrogen and oxygen atoms in total. The van der Waals surface area contributed by atoms with Gasteiger partial charge < -0.3 is 9.32 Å². The molecule has 20 heavy (non-hydrogen) atoms. The summed E-state index contributed by atoms with van der Waals surface area (Å²) in [6.45, 7) is 0.729. The number of ketones is 1. The summed E-state index contributed by atoms with van der Waals surface area (Å²) in [5.41, 5.74) is 0.967. The molecule has 2 aromatic rings. The number of Topliss-reactive ketones (excluding diaryl/α,β-unsaturated/α-hetero) is 1. The molecule has 0 fully saturated rings. The Kier molecular flexibility index (Phi) is 6.46. The molecule has 0 bridgehead atoms. The van der Waals surface area contributed by atoms with Crippen LogP contribution in [0.3, 0.4) is 0 Å². The molecule has 0 unspecified atom stereocenters. The van der Waals surface area contributed by atoms with Crippen LogP contribution in [0.25, 0.3) is 11.3 Å². The topological polar surface area (TPSA) is 33.5 Å². The minimum Gasteiger partial charge on any atom is -0.453 e. The first-order chi connectivity index (χ1) is 9.06. The van der Waals surface area contributed by atoms with Gasteiger partial charge in [-0.2, -0.15) is 0 Å². The van der Waals surface area contributed by atoms with Crippen molar-refractivity contribution in [1.29, 1.82) is 0 Å². The van der Waals surface area contributed by atoms with Crippen molar-refractivity contribution in [2.75, 3.05) is 20.6 Å². The zero-order chi connectivity index (χ0) is 13.8. The predicted molar refractivity (Wildman–Crippen MR) is 86.6 cm³/mol. The molecule has 108 valence electrons. The van der Waals surface area contributed by atoms with E-state index in [9.17, 15) is 4.79 Å². The van der Waals surface area contributed by atoms with Gasteiger partial charge in [0.15, 0.2) is 11.5 Å². The van der Waals surface area contributed by atoms with E-state index < -0.39 is 0 Å². The standard InChI is InChI=1S/C15H16BrNO2.ClH/c1-17(2)10-9-13(18)15-8-7-14(19-15)11-3-5-12(16)6-4-11;/h3-8H,9-10H2,1-2H3;1H. The quantitative estimate of drug-likeness (QED) is 0.749. The summed E-state index contributed by atoms with van der Waals surface area (Å²) >= 11 is 3.39. The monoisotopic (exact) mass is 357 g/mol. The van der Waals surface area contributed by atoms with Crippen molar-refractivity contribution in [3.8, 4) is 11.3 Å². The smallest absolute Gasteiger partial charge is 0.199 e. The lowest BCUT2D eigenvalue weighted by atomic mass is 10.2. The zero-order valence-electron chi connectivity index (χ0n) is 11.4. The second-order valence-corrected chi connectivity index (χ2v) is 5.56. The third-order valence-electron chi connectivity index (χ3n) is 2.80. The molecule has 0 saturated carbocycles. The van der Waals surface area contributed by atoms with E-state index in [1.54, 1.807) is 6.07 Å². The molecule has 0 aliphatic rings. The van der Waals surface area contributed by atoms with Crippen LogP contribution in [0, 0.1) is 0 Å². The molecule has 0 aliphatic carbocycles. The zero-order valence-corrected chi connectivity index (χ0v) is 13.8. The SMILES string of the molecule is CN(C)CCC(=O)c1ccc(-c2ccc(Br)cc2)o1.Cl. The van der Waals surface area contributed by atoms with Crippen molar-refractivity contribution >= 4 is 34.1 Å². The fourth-order valence-electron chi connectivity index (χ4n) is 1.71. The molecule has 0 radical (unpaired) electrons. The second-order valence-electron chi connectivity index (χ2n) is 4.65. The Bertz CT molecular complexity index is 564. The summed E-state index contributed by atoms with van der Waals surface area (Å²) in [6, 6.07) is 11.4. The maximum Gasteiger partial charge on any atom is 0.199 e. The van der Waals surface area contributed by atoms with Crippen molar-refractivity contribution < 1.29 is 9.21 Å². The number of carbonyl (C=O) groups is 1. The van der Waals surface area contributed by atoms with Crippen LogP contribution in [0.4, 0.5) is 0 Å². The highest BCUT2D eigenvalue weighted by molar-refractivity contribution is 9.10. The number of hydrogen-bond donors (Lipinski definition) is 0. The predicted octanol–water partition coefficient (Wildman–Crippen LogP) is 4.27. The number of rotatable bonds is 5. The van der Waals surface area contributed by atoms with Gasteiger partial charge in [-0.25, -0.2) is 0 Å². The molecule has 1 aromatic heterocycles. The highest BCUT2D eigenvalue weighted by atomic mass is 79.9. The van der Waals surface area contributed by atoms with E-state index >= 15 is 0 Å². The molecule has 0 atom stereocenters. The van der Waals surface area contributed by atoms with Crippen molar-refractivity contribution in [3.63, 3.8) is 0 Å². The van der Waals surface area contributed by atoms with Gasteiger partial charge in [-0.05, 0) is 38.4 Å². The van der Waals surface area contributed by atoms with Gasteiger partial charge in [0.25, 0.3) is 0 Å². The molecule has 0 spiro atoms. The third-order valence-corrected chi connectivity index (χ3v) is 3.32. The second kappa shape index (κ2) is 7.62. The molecule has 0 amide bonds. The number of nitrogens with zero attached hydrogens (tertiary/aromatic N) is 1. The van der Waals surface area contributed by atoms with Crippen LogP contribution in [-0.2, 0) is 0 Å². The van der Waals surface area contributed by atoms with Gasteiger partial charge in [0.05, 0.1) is 0 Å². The molecule has 1 heterocycles. The normalized spacial score (nSPS) is 10.4. The van der Waals surface area contributed by atoms with Crippen LogP contribution in [0.2, 0.25) is 0 Å². The average Bonchev–Trinajstić information content (AvgIpc) is 2.86. The van der Waals surface area contributed by atoms with Gasteiger partial charge in [0.2, 0.25) is 0 Å². The van der Waals surface area contributed by atoms with Crippen molar-refractivity contribution in [2.24, 2.45) is 0 Å². The molecular formula is C15H17BrClNO2. The highest BCUT2D eigenvalue weighted by Gasteiger charge is 2.12. The van der Waals surface area contributed by atoms with E-state index in [-0.39, 0.29) is 18.2 Å². The van der Waals surface area contributed by atoms with Gasteiger partial charge in [0, 0.05) is 23.0 Å². The lowest BCUT2D eigenvalue weighted by molar-refractivity contribution is 0.0946. The third kappa shape index (κ3) is 4.47.